The van der Waals surface area contributed by atoms with Crippen LogP contribution in [0.15, 0.2) is 22.8 Å². The Kier molecular flexibility index (Phi) is 5.44. The molecule has 0 saturated carbocycles. The minimum Gasteiger partial charge on any atom is -0.459 e. The Morgan fingerprint density at radius 2 is 2.16 bits per heavy atom. The smallest absolute Gasteiger partial charge is 0.289 e. The standard InChI is InChI=1S/C18H27N3O4/c1-19-9-10-21(17(23)15-4-3-12-25-15)14-18(19)6-5-16(22)20(8-7-18)11-13-24-2/h3-4,12H,5-11,13-14H2,1-2H3. The van der Waals surface area contributed by atoms with Crippen LogP contribution < -0.4 is 0 Å². The first-order valence-corrected chi connectivity index (χ1v) is 8.86. The van der Waals surface area contributed by atoms with Gasteiger partial charge in [-0.3, -0.25) is 14.5 Å². The van der Waals surface area contributed by atoms with E-state index in [1.807, 2.05) is 9.80 Å². The van der Waals surface area contributed by atoms with Gasteiger partial charge in [-0.1, -0.05) is 0 Å². The van der Waals surface area contributed by atoms with Crippen LogP contribution in [0.25, 0.3) is 0 Å². The second-order valence-electron chi connectivity index (χ2n) is 6.97. The Labute approximate surface area is 148 Å². The summed E-state index contributed by atoms with van der Waals surface area (Å²) < 4.78 is 10.4. The Morgan fingerprint density at radius 3 is 2.88 bits per heavy atom. The van der Waals surface area contributed by atoms with Crippen LogP contribution in [-0.2, 0) is 9.53 Å². The van der Waals surface area contributed by atoms with Crippen LogP contribution in [0.3, 0.4) is 0 Å². The van der Waals surface area contributed by atoms with Crippen LogP contribution in [0.5, 0.6) is 0 Å². The van der Waals surface area contributed by atoms with Crippen molar-refractivity contribution >= 4 is 11.8 Å². The highest BCUT2D eigenvalue weighted by molar-refractivity contribution is 5.91. The quantitative estimate of drug-likeness (QED) is 0.813. The van der Waals surface area contributed by atoms with E-state index in [1.54, 1.807) is 19.2 Å². The minimum atomic E-state index is -0.155. The molecule has 7 heteroatoms. The highest BCUT2D eigenvalue weighted by Gasteiger charge is 2.43. The number of methoxy groups -OCH3 is 1. The monoisotopic (exact) mass is 349 g/mol. The summed E-state index contributed by atoms with van der Waals surface area (Å²) in [6.45, 7) is 4.00. The Morgan fingerprint density at radius 1 is 1.32 bits per heavy atom. The lowest BCUT2D eigenvalue weighted by Gasteiger charge is -2.49. The number of ether oxygens (including phenoxy) is 1. The summed E-state index contributed by atoms with van der Waals surface area (Å²) in [4.78, 5) is 31.2. The fourth-order valence-corrected chi connectivity index (χ4v) is 3.86. The number of furan rings is 1. The van der Waals surface area contributed by atoms with Crippen LogP contribution in [-0.4, -0.2) is 85.5 Å². The first-order chi connectivity index (χ1) is 12.1. The van der Waals surface area contributed by atoms with E-state index in [0.29, 0.717) is 45.0 Å². The van der Waals surface area contributed by atoms with Gasteiger partial charge in [0.15, 0.2) is 5.76 Å². The van der Waals surface area contributed by atoms with Crippen LogP contribution in [0.1, 0.15) is 29.8 Å². The van der Waals surface area contributed by atoms with Gasteiger partial charge in [0.2, 0.25) is 5.91 Å². The summed E-state index contributed by atoms with van der Waals surface area (Å²) in [5.41, 5.74) is -0.155. The zero-order valence-corrected chi connectivity index (χ0v) is 15.1. The normalized spacial score (nSPS) is 25.4. The number of amides is 2. The van der Waals surface area contributed by atoms with Crippen molar-refractivity contribution < 1.29 is 18.7 Å². The molecular weight excluding hydrogens is 322 g/mol. The summed E-state index contributed by atoms with van der Waals surface area (Å²) in [5.74, 6) is 0.493. The van der Waals surface area contributed by atoms with Crippen LogP contribution in [0.4, 0.5) is 0 Å². The van der Waals surface area contributed by atoms with E-state index in [2.05, 4.69) is 11.9 Å². The minimum absolute atomic E-state index is 0.0655. The molecule has 1 aromatic rings. The molecule has 1 unspecified atom stereocenters. The second-order valence-corrected chi connectivity index (χ2v) is 6.97. The Bertz CT molecular complexity index is 603. The molecule has 2 aliphatic heterocycles. The van der Waals surface area contributed by atoms with E-state index in [1.165, 1.54) is 6.26 Å². The van der Waals surface area contributed by atoms with Crippen molar-refractivity contribution in [3.05, 3.63) is 24.2 Å². The van der Waals surface area contributed by atoms with E-state index in [4.69, 9.17) is 9.15 Å². The summed E-state index contributed by atoms with van der Waals surface area (Å²) in [6.07, 6.45) is 3.67. The number of nitrogens with zero attached hydrogens (tertiary/aromatic N) is 3. The van der Waals surface area contributed by atoms with Gasteiger partial charge in [0.25, 0.3) is 5.91 Å². The van der Waals surface area contributed by atoms with Crippen LogP contribution in [0.2, 0.25) is 0 Å². The van der Waals surface area contributed by atoms with Crippen LogP contribution >= 0.6 is 0 Å². The van der Waals surface area contributed by atoms with Gasteiger partial charge in [-0.25, -0.2) is 0 Å². The maximum atomic E-state index is 12.7. The van der Waals surface area contributed by atoms with Crippen molar-refractivity contribution in [2.24, 2.45) is 0 Å². The summed E-state index contributed by atoms with van der Waals surface area (Å²) >= 11 is 0. The van der Waals surface area contributed by atoms with Crippen molar-refractivity contribution in [3.8, 4) is 0 Å². The number of likely N-dealkylation sites (N-methyl/N-ethyl adjacent to an activating group) is 1. The van der Waals surface area contributed by atoms with Crippen molar-refractivity contribution in [2.45, 2.75) is 24.8 Å². The van der Waals surface area contributed by atoms with Crippen molar-refractivity contribution in [1.29, 1.82) is 0 Å². The van der Waals surface area contributed by atoms with E-state index < -0.39 is 0 Å². The molecule has 138 valence electrons. The molecule has 3 rings (SSSR count). The molecule has 0 radical (unpaired) electrons. The van der Waals surface area contributed by atoms with Gasteiger partial charge < -0.3 is 19.0 Å². The number of hydrogen-bond acceptors (Lipinski definition) is 5. The van der Waals surface area contributed by atoms with Gasteiger partial charge in [0.05, 0.1) is 12.9 Å². The molecule has 2 fully saturated rings. The van der Waals surface area contributed by atoms with E-state index >= 15 is 0 Å². The first-order valence-electron chi connectivity index (χ1n) is 8.86. The fourth-order valence-electron chi connectivity index (χ4n) is 3.86. The van der Waals surface area contributed by atoms with E-state index in [9.17, 15) is 9.59 Å². The Hall–Kier alpha value is -1.86. The van der Waals surface area contributed by atoms with Crippen molar-refractivity contribution in [2.75, 3.05) is 53.5 Å². The van der Waals surface area contributed by atoms with Gasteiger partial charge in [0.1, 0.15) is 0 Å². The lowest BCUT2D eigenvalue weighted by molar-refractivity contribution is -0.131. The average molecular weight is 349 g/mol. The number of piperazine rings is 1. The third-order valence-corrected chi connectivity index (χ3v) is 5.59. The first kappa shape index (κ1) is 17.9. The molecule has 1 aromatic heterocycles. The molecule has 3 heterocycles. The predicted octanol–water partition coefficient (Wildman–Crippen LogP) is 1.06. The fraction of sp³-hybridized carbons (Fsp3) is 0.667. The average Bonchev–Trinajstić information content (AvgIpc) is 3.10. The largest absolute Gasteiger partial charge is 0.459 e. The Balaban J connectivity index is 1.72. The third-order valence-electron chi connectivity index (χ3n) is 5.59. The number of likely N-dealkylation sites (tertiary alicyclic amines) is 1. The molecule has 0 bridgehead atoms. The lowest BCUT2D eigenvalue weighted by atomic mass is 9.86. The molecule has 0 aliphatic carbocycles. The van der Waals surface area contributed by atoms with Gasteiger partial charge >= 0.3 is 0 Å². The molecule has 0 N–H and O–H groups in total. The number of hydrogen-bond donors (Lipinski definition) is 0. The molecule has 0 aromatic carbocycles. The zero-order valence-electron chi connectivity index (χ0n) is 15.1. The number of rotatable bonds is 4. The lowest BCUT2D eigenvalue weighted by Crippen LogP contribution is -2.62. The maximum Gasteiger partial charge on any atom is 0.289 e. The molecule has 2 amide bonds. The molecular formula is C18H27N3O4. The zero-order chi connectivity index (χ0) is 17.9. The van der Waals surface area contributed by atoms with Crippen molar-refractivity contribution in [3.63, 3.8) is 0 Å². The summed E-state index contributed by atoms with van der Waals surface area (Å²) in [7, 11) is 3.75. The highest BCUT2D eigenvalue weighted by Crippen LogP contribution is 2.32. The van der Waals surface area contributed by atoms with Crippen LogP contribution in [0, 0.1) is 0 Å². The molecule has 25 heavy (non-hydrogen) atoms. The summed E-state index contributed by atoms with van der Waals surface area (Å²) in [6, 6.07) is 3.44. The molecule has 7 nitrogen and oxygen atoms in total. The molecule has 1 atom stereocenters. The molecule has 1 spiro atoms. The van der Waals surface area contributed by atoms with Gasteiger partial charge in [-0.2, -0.15) is 0 Å². The third kappa shape index (κ3) is 3.72. The highest BCUT2D eigenvalue weighted by atomic mass is 16.5. The second kappa shape index (κ2) is 7.58. The SMILES string of the molecule is COCCN1CCC2(CCC1=O)CN(C(=O)c1ccco1)CCN2C. The number of carbonyl (C=O) groups is 2. The van der Waals surface area contributed by atoms with Gasteiger partial charge in [-0.15, -0.1) is 0 Å². The summed E-state index contributed by atoms with van der Waals surface area (Å²) in [5, 5.41) is 0. The van der Waals surface area contributed by atoms with E-state index in [0.717, 1.165) is 19.4 Å². The topological polar surface area (TPSA) is 66.2 Å². The van der Waals surface area contributed by atoms with Gasteiger partial charge in [-0.05, 0) is 32.0 Å². The van der Waals surface area contributed by atoms with E-state index in [-0.39, 0.29) is 17.4 Å². The number of carbonyl (C=O) groups excluding carboxylic acids is 2. The van der Waals surface area contributed by atoms with Gasteiger partial charge in [0, 0.05) is 51.8 Å². The molecule has 2 aliphatic rings. The maximum absolute atomic E-state index is 12.7. The van der Waals surface area contributed by atoms with Crippen molar-refractivity contribution in [1.82, 2.24) is 14.7 Å². The predicted molar refractivity (Wildman–Crippen MR) is 92.3 cm³/mol. The molecule has 2 saturated heterocycles.